The monoisotopic (exact) mass is 260 g/mol. The van der Waals surface area contributed by atoms with Gasteiger partial charge in [0.2, 0.25) is 0 Å². The number of pyridine rings is 1. The first-order chi connectivity index (χ1) is 8.72. The van der Waals surface area contributed by atoms with Gasteiger partial charge in [-0.2, -0.15) is 0 Å². The molecule has 1 amide bonds. The van der Waals surface area contributed by atoms with E-state index in [1.54, 1.807) is 12.1 Å². The van der Waals surface area contributed by atoms with Gasteiger partial charge in [-0.25, -0.2) is 4.98 Å². The van der Waals surface area contributed by atoms with E-state index in [1.807, 2.05) is 24.3 Å². The number of ether oxygens (including phenoxy) is 1. The van der Waals surface area contributed by atoms with Crippen LogP contribution in [-0.4, -0.2) is 17.5 Å². The molecular formula is C13H9ClN2O2. The minimum Gasteiger partial charge on any atom is -0.480 e. The number of rotatable bonds is 1. The summed E-state index contributed by atoms with van der Waals surface area (Å²) in [6, 6.07) is 11.0. The van der Waals surface area contributed by atoms with E-state index in [2.05, 4.69) is 10.3 Å². The molecule has 1 aromatic heterocycles. The molecule has 0 unspecified atom stereocenters. The second-order valence-electron chi connectivity index (χ2n) is 3.89. The van der Waals surface area contributed by atoms with Crippen molar-refractivity contribution in [1.82, 2.24) is 4.98 Å². The normalized spacial score (nSPS) is 13.5. The maximum atomic E-state index is 11.2. The molecule has 0 fully saturated rings. The van der Waals surface area contributed by atoms with Crippen LogP contribution >= 0.6 is 11.6 Å². The zero-order valence-electron chi connectivity index (χ0n) is 9.31. The van der Waals surface area contributed by atoms with Gasteiger partial charge < -0.3 is 10.1 Å². The number of amides is 1. The maximum absolute atomic E-state index is 11.2. The van der Waals surface area contributed by atoms with E-state index >= 15 is 0 Å². The average molecular weight is 261 g/mol. The van der Waals surface area contributed by atoms with Gasteiger partial charge in [0, 0.05) is 10.6 Å². The van der Waals surface area contributed by atoms with Crippen molar-refractivity contribution in [3.8, 4) is 17.0 Å². The summed E-state index contributed by atoms with van der Waals surface area (Å²) in [5.41, 5.74) is 1.63. The molecule has 0 bridgehead atoms. The van der Waals surface area contributed by atoms with Crippen molar-refractivity contribution in [2.75, 3.05) is 11.9 Å². The summed E-state index contributed by atoms with van der Waals surface area (Å²) in [5, 5.41) is 3.32. The summed E-state index contributed by atoms with van der Waals surface area (Å²) < 4.78 is 5.25. The number of hydrogen-bond donors (Lipinski definition) is 1. The van der Waals surface area contributed by atoms with Crippen LogP contribution in [0.4, 0.5) is 5.82 Å². The lowest BCUT2D eigenvalue weighted by molar-refractivity contribution is -0.118. The lowest BCUT2D eigenvalue weighted by atomic mass is 10.1. The highest BCUT2D eigenvalue weighted by Gasteiger charge is 2.17. The second-order valence-corrected chi connectivity index (χ2v) is 4.33. The Kier molecular flexibility index (Phi) is 2.64. The third kappa shape index (κ3) is 2.02. The molecule has 1 aromatic carbocycles. The van der Waals surface area contributed by atoms with Crippen LogP contribution in [0.5, 0.6) is 5.75 Å². The minimum absolute atomic E-state index is 0.0329. The summed E-state index contributed by atoms with van der Waals surface area (Å²) in [7, 11) is 0. The predicted octanol–water partition coefficient (Wildman–Crippen LogP) is 2.73. The number of halogens is 1. The molecular weight excluding hydrogens is 252 g/mol. The molecule has 0 spiro atoms. The summed E-state index contributed by atoms with van der Waals surface area (Å²) in [6.07, 6.45) is 0. The Balaban J connectivity index is 2.04. The molecule has 18 heavy (non-hydrogen) atoms. The van der Waals surface area contributed by atoms with Gasteiger partial charge in [0.05, 0.1) is 5.69 Å². The molecule has 0 aliphatic carbocycles. The van der Waals surface area contributed by atoms with Crippen molar-refractivity contribution >= 4 is 23.3 Å². The quantitative estimate of drug-likeness (QED) is 0.858. The largest absolute Gasteiger partial charge is 0.480 e. The van der Waals surface area contributed by atoms with E-state index in [0.29, 0.717) is 16.6 Å². The summed E-state index contributed by atoms with van der Waals surface area (Å²) >= 11 is 5.94. The van der Waals surface area contributed by atoms with E-state index < -0.39 is 0 Å². The zero-order chi connectivity index (χ0) is 12.5. The summed E-state index contributed by atoms with van der Waals surface area (Å²) in [4.78, 5) is 15.6. The number of aromatic nitrogens is 1. The first-order valence-electron chi connectivity index (χ1n) is 5.42. The van der Waals surface area contributed by atoms with E-state index in [9.17, 15) is 4.79 Å². The molecule has 3 rings (SSSR count). The minimum atomic E-state index is -0.196. The SMILES string of the molecule is O=C1COc2ccc(-c3cccc(Cl)c3)nc2N1. The van der Waals surface area contributed by atoms with Crippen molar-refractivity contribution in [3.05, 3.63) is 41.4 Å². The van der Waals surface area contributed by atoms with Gasteiger partial charge in [-0.05, 0) is 24.3 Å². The van der Waals surface area contributed by atoms with Gasteiger partial charge >= 0.3 is 0 Å². The Labute approximate surface area is 109 Å². The molecule has 1 aliphatic heterocycles. The second kappa shape index (κ2) is 4.31. The predicted molar refractivity (Wildman–Crippen MR) is 68.8 cm³/mol. The molecule has 90 valence electrons. The third-order valence-electron chi connectivity index (χ3n) is 2.60. The first kappa shape index (κ1) is 11.0. The fourth-order valence-electron chi connectivity index (χ4n) is 1.77. The molecule has 0 saturated heterocycles. The number of anilines is 1. The Hall–Kier alpha value is -2.07. The molecule has 0 radical (unpaired) electrons. The number of nitrogens with zero attached hydrogens (tertiary/aromatic N) is 1. The van der Waals surface area contributed by atoms with Crippen LogP contribution in [-0.2, 0) is 4.79 Å². The fourth-order valence-corrected chi connectivity index (χ4v) is 1.96. The molecule has 0 atom stereocenters. The lowest BCUT2D eigenvalue weighted by Crippen LogP contribution is -2.26. The number of hydrogen-bond acceptors (Lipinski definition) is 3. The van der Waals surface area contributed by atoms with Gasteiger partial charge in [-0.1, -0.05) is 23.7 Å². The molecule has 5 heteroatoms. The summed E-state index contributed by atoms with van der Waals surface area (Å²) in [6.45, 7) is 0.0329. The van der Waals surface area contributed by atoms with Gasteiger partial charge in [0.1, 0.15) is 0 Å². The van der Waals surface area contributed by atoms with E-state index in [-0.39, 0.29) is 12.5 Å². The van der Waals surface area contributed by atoms with Gasteiger partial charge in [-0.3, -0.25) is 4.79 Å². The highest BCUT2D eigenvalue weighted by atomic mass is 35.5. The van der Waals surface area contributed by atoms with Crippen LogP contribution in [0.1, 0.15) is 0 Å². The van der Waals surface area contributed by atoms with Gasteiger partial charge in [0.25, 0.3) is 5.91 Å². The van der Waals surface area contributed by atoms with E-state index in [4.69, 9.17) is 16.3 Å². The number of fused-ring (bicyclic) bond motifs is 1. The number of benzene rings is 1. The maximum Gasteiger partial charge on any atom is 0.263 e. The van der Waals surface area contributed by atoms with Crippen LogP contribution in [0.3, 0.4) is 0 Å². The molecule has 2 heterocycles. The number of carbonyl (C=O) groups excluding carboxylic acids is 1. The summed E-state index contributed by atoms with van der Waals surface area (Å²) in [5.74, 6) is 0.836. The topological polar surface area (TPSA) is 51.2 Å². The van der Waals surface area contributed by atoms with E-state index in [1.165, 1.54) is 0 Å². The third-order valence-corrected chi connectivity index (χ3v) is 2.83. The highest BCUT2D eigenvalue weighted by molar-refractivity contribution is 6.30. The smallest absolute Gasteiger partial charge is 0.263 e. The van der Waals surface area contributed by atoms with Gasteiger partial charge in [-0.15, -0.1) is 0 Å². The van der Waals surface area contributed by atoms with Crippen molar-refractivity contribution in [2.45, 2.75) is 0 Å². The van der Waals surface area contributed by atoms with Crippen molar-refractivity contribution < 1.29 is 9.53 Å². The van der Waals surface area contributed by atoms with Crippen molar-refractivity contribution in [2.24, 2.45) is 0 Å². The van der Waals surface area contributed by atoms with Crippen LogP contribution in [0, 0.1) is 0 Å². The molecule has 1 N–H and O–H groups in total. The van der Waals surface area contributed by atoms with E-state index in [0.717, 1.165) is 11.3 Å². The average Bonchev–Trinajstić information content (AvgIpc) is 2.38. The van der Waals surface area contributed by atoms with Crippen LogP contribution < -0.4 is 10.1 Å². The zero-order valence-corrected chi connectivity index (χ0v) is 10.1. The van der Waals surface area contributed by atoms with Crippen LogP contribution in [0.15, 0.2) is 36.4 Å². The van der Waals surface area contributed by atoms with Crippen LogP contribution in [0.25, 0.3) is 11.3 Å². The molecule has 2 aromatic rings. The van der Waals surface area contributed by atoms with Crippen LogP contribution in [0.2, 0.25) is 5.02 Å². The Morgan fingerprint density at radius 3 is 3.00 bits per heavy atom. The number of carbonyl (C=O) groups is 1. The fraction of sp³-hybridized carbons (Fsp3) is 0.0769. The Bertz CT molecular complexity index is 628. The van der Waals surface area contributed by atoms with Gasteiger partial charge in [0.15, 0.2) is 18.2 Å². The Morgan fingerprint density at radius 2 is 2.17 bits per heavy atom. The highest BCUT2D eigenvalue weighted by Crippen LogP contribution is 2.29. The number of nitrogens with one attached hydrogen (secondary N) is 1. The first-order valence-corrected chi connectivity index (χ1v) is 5.80. The van der Waals surface area contributed by atoms with Crippen molar-refractivity contribution in [3.63, 3.8) is 0 Å². The molecule has 1 aliphatic rings. The molecule has 4 nitrogen and oxygen atoms in total. The lowest BCUT2D eigenvalue weighted by Gasteiger charge is -2.17. The standard InChI is InChI=1S/C13H9ClN2O2/c14-9-3-1-2-8(6-9)10-4-5-11-13(15-10)16-12(17)7-18-11/h1-6H,7H2,(H,15,16,17). The Morgan fingerprint density at radius 1 is 1.28 bits per heavy atom. The molecule has 0 saturated carbocycles. The van der Waals surface area contributed by atoms with Crippen molar-refractivity contribution in [1.29, 1.82) is 0 Å².